The highest BCUT2D eigenvalue weighted by Gasteiger charge is 2.31. The minimum atomic E-state index is -3.89. The van der Waals surface area contributed by atoms with E-state index in [1.54, 1.807) is 32.1 Å². The maximum atomic E-state index is 12.0. The van der Waals surface area contributed by atoms with Crippen molar-refractivity contribution in [2.24, 2.45) is 0 Å². The van der Waals surface area contributed by atoms with Gasteiger partial charge in [0.25, 0.3) is 0 Å². The summed E-state index contributed by atoms with van der Waals surface area (Å²) in [4.78, 5) is 21.9. The lowest BCUT2D eigenvalue weighted by molar-refractivity contribution is -0.116. The molecule has 28 heavy (non-hydrogen) atoms. The highest BCUT2D eigenvalue weighted by atomic mass is 35.5. The van der Waals surface area contributed by atoms with E-state index in [2.05, 4.69) is 20.8 Å². The van der Waals surface area contributed by atoms with Gasteiger partial charge in [0.2, 0.25) is 5.91 Å². The topological polar surface area (TPSA) is 113 Å². The van der Waals surface area contributed by atoms with E-state index in [0.717, 1.165) is 11.3 Å². The zero-order valence-electron chi connectivity index (χ0n) is 15.5. The SMILES string of the molecule is CCOP(=O)(O)C(CC)NC(=O)/C=C/c1ccc(Nc2ccc(Cl)nn2)cc1. The molecular weight excluding hydrogens is 403 g/mol. The fourth-order valence-corrected chi connectivity index (χ4v) is 3.68. The third kappa shape index (κ3) is 6.73. The van der Waals surface area contributed by atoms with Gasteiger partial charge in [-0.05, 0) is 49.2 Å². The van der Waals surface area contributed by atoms with Gasteiger partial charge in [-0.1, -0.05) is 30.7 Å². The highest BCUT2D eigenvalue weighted by molar-refractivity contribution is 7.53. The van der Waals surface area contributed by atoms with Crippen LogP contribution in [0.2, 0.25) is 5.15 Å². The normalized spacial score (nSPS) is 14.4. The summed E-state index contributed by atoms with van der Waals surface area (Å²) in [6.07, 6.45) is 3.19. The predicted octanol–water partition coefficient (Wildman–Crippen LogP) is 3.96. The van der Waals surface area contributed by atoms with E-state index < -0.39 is 19.3 Å². The van der Waals surface area contributed by atoms with Crippen molar-refractivity contribution in [2.75, 3.05) is 11.9 Å². The summed E-state index contributed by atoms with van der Waals surface area (Å²) in [6.45, 7) is 3.42. The molecule has 0 aliphatic heterocycles. The van der Waals surface area contributed by atoms with E-state index in [0.29, 0.717) is 11.0 Å². The number of carbonyl (C=O) groups excluding carboxylic acids is 1. The number of nitrogens with one attached hydrogen (secondary N) is 2. The molecule has 2 atom stereocenters. The average molecular weight is 425 g/mol. The highest BCUT2D eigenvalue weighted by Crippen LogP contribution is 2.47. The third-order valence-corrected chi connectivity index (χ3v) is 5.76. The number of nitrogens with zero attached hydrogens (tertiary/aromatic N) is 2. The molecule has 0 aliphatic carbocycles. The van der Waals surface area contributed by atoms with Crippen molar-refractivity contribution in [3.05, 3.63) is 53.2 Å². The fourth-order valence-electron chi connectivity index (χ4n) is 2.28. The van der Waals surface area contributed by atoms with Gasteiger partial charge in [0, 0.05) is 11.8 Å². The third-order valence-electron chi connectivity index (χ3n) is 3.65. The van der Waals surface area contributed by atoms with Gasteiger partial charge in [0.1, 0.15) is 5.78 Å². The first-order valence-electron chi connectivity index (χ1n) is 8.66. The van der Waals surface area contributed by atoms with Gasteiger partial charge in [0.15, 0.2) is 11.0 Å². The molecule has 1 aromatic carbocycles. The van der Waals surface area contributed by atoms with Gasteiger partial charge >= 0.3 is 7.60 Å². The van der Waals surface area contributed by atoms with Crippen molar-refractivity contribution in [2.45, 2.75) is 26.1 Å². The van der Waals surface area contributed by atoms with Crippen LogP contribution >= 0.6 is 19.2 Å². The van der Waals surface area contributed by atoms with Crippen LogP contribution in [0.25, 0.3) is 6.08 Å². The van der Waals surface area contributed by atoms with Crippen LogP contribution in [0.1, 0.15) is 25.8 Å². The second-order valence-corrected chi connectivity index (χ2v) is 8.13. The largest absolute Gasteiger partial charge is 0.350 e. The minimum absolute atomic E-state index is 0.0952. The summed E-state index contributed by atoms with van der Waals surface area (Å²) in [7, 11) is -3.89. The van der Waals surface area contributed by atoms with Gasteiger partial charge in [0.05, 0.1) is 6.61 Å². The molecular formula is C18H22ClN4O4P. The van der Waals surface area contributed by atoms with Crippen LogP contribution in [0.15, 0.2) is 42.5 Å². The van der Waals surface area contributed by atoms with E-state index in [4.69, 9.17) is 16.1 Å². The van der Waals surface area contributed by atoms with Crippen molar-refractivity contribution in [3.8, 4) is 0 Å². The molecule has 1 heterocycles. The molecule has 0 saturated heterocycles. The molecule has 10 heteroatoms. The molecule has 1 amide bonds. The Labute approximate surface area is 168 Å². The summed E-state index contributed by atoms with van der Waals surface area (Å²) < 4.78 is 16.9. The lowest BCUT2D eigenvalue weighted by atomic mass is 10.2. The number of rotatable bonds is 9. The predicted molar refractivity (Wildman–Crippen MR) is 109 cm³/mol. The van der Waals surface area contributed by atoms with Crippen molar-refractivity contribution in [3.63, 3.8) is 0 Å². The van der Waals surface area contributed by atoms with Crippen LogP contribution in [0.4, 0.5) is 11.5 Å². The number of hydrogen-bond donors (Lipinski definition) is 3. The van der Waals surface area contributed by atoms with E-state index >= 15 is 0 Å². The fraction of sp³-hybridized carbons (Fsp3) is 0.278. The first kappa shape index (κ1) is 22.0. The molecule has 0 fully saturated rings. The van der Waals surface area contributed by atoms with Crippen molar-refractivity contribution < 1.29 is 18.8 Å². The molecule has 0 aliphatic rings. The number of aromatic nitrogens is 2. The van der Waals surface area contributed by atoms with Crippen molar-refractivity contribution in [1.29, 1.82) is 0 Å². The standard InChI is InChI=1S/C18H22ClN4O4P/c1-3-18(28(25,26)27-4-2)21-17(24)12-7-13-5-8-14(9-6-13)20-16-11-10-15(19)22-23-16/h5-12,18H,3-4H2,1-2H3,(H,20,23)(H,21,24)(H,25,26)/b12-7+. The average Bonchev–Trinajstić information content (AvgIpc) is 2.67. The first-order valence-corrected chi connectivity index (χ1v) is 10.7. The molecule has 0 spiro atoms. The number of hydrogen-bond acceptors (Lipinski definition) is 6. The van der Waals surface area contributed by atoms with Crippen LogP contribution in [0.3, 0.4) is 0 Å². The van der Waals surface area contributed by atoms with Crippen LogP contribution in [-0.4, -0.2) is 33.4 Å². The van der Waals surface area contributed by atoms with Crippen LogP contribution in [0.5, 0.6) is 0 Å². The molecule has 150 valence electrons. The molecule has 3 N–H and O–H groups in total. The monoisotopic (exact) mass is 424 g/mol. The maximum Gasteiger partial charge on any atom is 0.350 e. The van der Waals surface area contributed by atoms with Gasteiger partial charge in [-0.3, -0.25) is 9.36 Å². The molecule has 0 radical (unpaired) electrons. The Bertz CT molecular complexity index is 859. The second kappa shape index (κ2) is 10.3. The Morgan fingerprint density at radius 3 is 2.54 bits per heavy atom. The molecule has 0 saturated carbocycles. The van der Waals surface area contributed by atoms with E-state index in [-0.39, 0.29) is 13.0 Å². The summed E-state index contributed by atoms with van der Waals surface area (Å²) in [5, 5.41) is 13.6. The minimum Gasteiger partial charge on any atom is -0.339 e. The molecule has 0 bridgehead atoms. The van der Waals surface area contributed by atoms with E-state index in [9.17, 15) is 14.3 Å². The number of anilines is 2. The van der Waals surface area contributed by atoms with Crippen molar-refractivity contribution >= 4 is 42.7 Å². The smallest absolute Gasteiger partial charge is 0.339 e. The Hall–Kier alpha value is -2.25. The lowest BCUT2D eigenvalue weighted by Gasteiger charge is -2.21. The number of carbonyl (C=O) groups is 1. The van der Waals surface area contributed by atoms with Crippen molar-refractivity contribution in [1.82, 2.24) is 15.5 Å². The van der Waals surface area contributed by atoms with Gasteiger partial charge in [-0.2, -0.15) is 0 Å². The Morgan fingerprint density at radius 1 is 1.25 bits per heavy atom. The zero-order valence-corrected chi connectivity index (χ0v) is 17.2. The zero-order chi connectivity index (χ0) is 20.6. The van der Waals surface area contributed by atoms with Gasteiger partial charge in [-0.15, -0.1) is 10.2 Å². The Kier molecular flexibility index (Phi) is 8.14. The molecule has 8 nitrogen and oxygen atoms in total. The Balaban J connectivity index is 1.95. The summed E-state index contributed by atoms with van der Waals surface area (Å²) in [5.74, 6) is -0.864. The Morgan fingerprint density at radius 2 is 1.96 bits per heavy atom. The summed E-state index contributed by atoms with van der Waals surface area (Å²) >= 11 is 5.70. The van der Waals surface area contributed by atoms with Crippen LogP contribution in [0, 0.1) is 0 Å². The number of halogens is 1. The molecule has 2 aromatic rings. The van der Waals surface area contributed by atoms with Crippen LogP contribution < -0.4 is 10.6 Å². The maximum absolute atomic E-state index is 12.0. The lowest BCUT2D eigenvalue weighted by Crippen LogP contribution is -2.33. The quantitative estimate of drug-likeness (QED) is 0.412. The van der Waals surface area contributed by atoms with Crippen LogP contribution in [-0.2, 0) is 13.9 Å². The van der Waals surface area contributed by atoms with Gasteiger partial charge in [-0.25, -0.2) is 0 Å². The number of amides is 1. The summed E-state index contributed by atoms with van der Waals surface area (Å²) in [5.41, 5.74) is 1.58. The number of benzene rings is 1. The van der Waals surface area contributed by atoms with Gasteiger partial charge < -0.3 is 20.1 Å². The van der Waals surface area contributed by atoms with E-state index in [1.165, 1.54) is 6.08 Å². The molecule has 2 unspecified atom stereocenters. The first-order chi connectivity index (χ1) is 13.3. The second-order valence-electron chi connectivity index (χ2n) is 5.74. The summed E-state index contributed by atoms with van der Waals surface area (Å²) in [6, 6.07) is 10.6. The van der Waals surface area contributed by atoms with E-state index in [1.807, 2.05) is 24.3 Å². The molecule has 1 aromatic heterocycles. The molecule has 2 rings (SSSR count).